The first-order valence-corrected chi connectivity index (χ1v) is 7.10. The molecule has 2 unspecified atom stereocenters. The average molecular weight is 252 g/mol. The zero-order valence-corrected chi connectivity index (χ0v) is 10.8. The summed E-state index contributed by atoms with van der Waals surface area (Å²) in [5.74, 6) is 0.0564. The summed E-state index contributed by atoms with van der Waals surface area (Å²) in [5.41, 5.74) is 1.61. The number of allylic oxidation sites excluding steroid dienone is 1. The van der Waals surface area contributed by atoms with Gasteiger partial charge >= 0.3 is 0 Å². The molecule has 1 aliphatic heterocycles. The zero-order valence-electron chi connectivity index (χ0n) is 10.8. The summed E-state index contributed by atoms with van der Waals surface area (Å²) in [4.78, 5) is 0. The van der Waals surface area contributed by atoms with Crippen molar-refractivity contribution in [3.8, 4) is 0 Å². The minimum Gasteiger partial charge on any atom is -0.347 e. The highest BCUT2D eigenvalue weighted by atomic mass is 16.7. The second kappa shape index (κ2) is 3.20. The molecule has 2 atom stereocenters. The van der Waals surface area contributed by atoms with Crippen LogP contribution in [-0.4, -0.2) is 19.0 Å². The van der Waals surface area contributed by atoms with Gasteiger partial charge in [0.05, 0.1) is 13.2 Å². The van der Waals surface area contributed by atoms with E-state index in [9.17, 15) is 0 Å². The molecule has 1 saturated carbocycles. The minimum atomic E-state index is -0.350. The average Bonchev–Trinajstić information content (AvgIpc) is 3.06. The van der Waals surface area contributed by atoms with E-state index in [1.54, 1.807) is 0 Å². The first kappa shape index (κ1) is 10.4. The lowest BCUT2D eigenvalue weighted by Gasteiger charge is -2.27. The summed E-state index contributed by atoms with van der Waals surface area (Å²) in [5, 5.41) is 2.77. The van der Waals surface area contributed by atoms with Crippen LogP contribution in [0.1, 0.15) is 12.8 Å². The van der Waals surface area contributed by atoms with E-state index in [-0.39, 0.29) is 11.2 Å². The minimum absolute atomic E-state index is 0.146. The van der Waals surface area contributed by atoms with E-state index in [0.29, 0.717) is 5.92 Å². The second-order valence-electron chi connectivity index (χ2n) is 6.16. The standard InChI is InChI=1S/C17H16O2/c1-2-4-14-12(3-1)9-16-10-13(5-6-15(14)16)17(11-16)18-7-8-19-17/h1-6,9,13H,7-8,10-11H2. The van der Waals surface area contributed by atoms with E-state index in [4.69, 9.17) is 9.47 Å². The van der Waals surface area contributed by atoms with Gasteiger partial charge in [-0.3, -0.25) is 0 Å². The smallest absolute Gasteiger partial charge is 0.175 e. The molecule has 4 aliphatic rings. The molecule has 19 heavy (non-hydrogen) atoms. The fraction of sp³-hybridized carbons (Fsp3) is 0.412. The lowest BCUT2D eigenvalue weighted by atomic mass is 9.77. The Labute approximate surface area is 112 Å². The summed E-state index contributed by atoms with van der Waals surface area (Å²) in [6.45, 7) is 1.48. The maximum Gasteiger partial charge on any atom is 0.175 e. The number of hydrogen-bond donors (Lipinski definition) is 0. The van der Waals surface area contributed by atoms with Crippen molar-refractivity contribution in [1.29, 1.82) is 0 Å². The highest BCUT2D eigenvalue weighted by molar-refractivity contribution is 5.77. The van der Waals surface area contributed by atoms with Crippen molar-refractivity contribution < 1.29 is 9.47 Å². The summed E-state index contributed by atoms with van der Waals surface area (Å²) in [6.07, 6.45) is 9.18. The van der Waals surface area contributed by atoms with Crippen molar-refractivity contribution in [2.24, 2.45) is 11.3 Å². The molecule has 2 fully saturated rings. The highest BCUT2D eigenvalue weighted by Gasteiger charge is 2.59. The van der Waals surface area contributed by atoms with Gasteiger partial charge in [-0.2, -0.15) is 0 Å². The fourth-order valence-corrected chi connectivity index (χ4v) is 4.49. The molecule has 1 heterocycles. The maximum atomic E-state index is 6.01. The van der Waals surface area contributed by atoms with Gasteiger partial charge in [-0.1, -0.05) is 42.5 Å². The van der Waals surface area contributed by atoms with E-state index >= 15 is 0 Å². The third-order valence-corrected chi connectivity index (χ3v) is 5.20. The predicted octanol–water partition coefficient (Wildman–Crippen LogP) is 1.34. The van der Waals surface area contributed by atoms with Gasteiger partial charge in [0.2, 0.25) is 0 Å². The summed E-state index contributed by atoms with van der Waals surface area (Å²) >= 11 is 0. The predicted molar refractivity (Wildman–Crippen MR) is 72.5 cm³/mol. The Hall–Kier alpha value is -1.38. The molecular weight excluding hydrogens is 236 g/mol. The lowest BCUT2D eigenvalue weighted by molar-refractivity contribution is -0.172. The van der Waals surface area contributed by atoms with Crippen molar-refractivity contribution in [1.82, 2.24) is 0 Å². The number of hydrogen-bond acceptors (Lipinski definition) is 2. The first-order valence-electron chi connectivity index (χ1n) is 7.10. The van der Waals surface area contributed by atoms with Crippen LogP contribution in [-0.2, 0) is 9.47 Å². The molecule has 2 nitrogen and oxygen atoms in total. The van der Waals surface area contributed by atoms with Crippen molar-refractivity contribution >= 4 is 11.6 Å². The quantitative estimate of drug-likeness (QED) is 0.694. The Morgan fingerprint density at radius 3 is 2.84 bits per heavy atom. The Kier molecular flexibility index (Phi) is 1.75. The molecule has 5 rings (SSSR count). The molecule has 2 spiro atoms. The normalized spacial score (nSPS) is 36.4. The number of rotatable bonds is 0. The van der Waals surface area contributed by atoms with Crippen LogP contribution >= 0.6 is 0 Å². The van der Waals surface area contributed by atoms with Gasteiger partial charge in [-0.05, 0) is 22.4 Å². The summed E-state index contributed by atoms with van der Waals surface area (Å²) < 4.78 is 12.0. The van der Waals surface area contributed by atoms with Crippen LogP contribution in [0.3, 0.4) is 0 Å². The molecule has 1 aromatic rings. The summed E-state index contributed by atoms with van der Waals surface area (Å²) in [6, 6.07) is 8.71. The van der Waals surface area contributed by atoms with Crippen molar-refractivity contribution in [3.63, 3.8) is 0 Å². The van der Waals surface area contributed by atoms with E-state index in [1.807, 2.05) is 0 Å². The zero-order chi connectivity index (χ0) is 12.5. The van der Waals surface area contributed by atoms with Gasteiger partial charge in [-0.15, -0.1) is 0 Å². The molecule has 0 N–H and O–H groups in total. The van der Waals surface area contributed by atoms with E-state index in [1.165, 1.54) is 16.0 Å². The van der Waals surface area contributed by atoms with Crippen molar-refractivity contribution in [2.45, 2.75) is 18.6 Å². The van der Waals surface area contributed by atoms with Crippen LogP contribution in [0.2, 0.25) is 0 Å². The topological polar surface area (TPSA) is 18.5 Å². The van der Waals surface area contributed by atoms with Crippen molar-refractivity contribution in [3.05, 3.63) is 46.9 Å². The van der Waals surface area contributed by atoms with Gasteiger partial charge < -0.3 is 9.47 Å². The van der Waals surface area contributed by atoms with Crippen molar-refractivity contribution in [2.75, 3.05) is 13.2 Å². The molecule has 1 aromatic carbocycles. The molecule has 0 aromatic heterocycles. The lowest BCUT2D eigenvalue weighted by Crippen LogP contribution is -2.33. The molecule has 1 saturated heterocycles. The first-order chi connectivity index (χ1) is 9.31. The third kappa shape index (κ3) is 1.15. The SMILES string of the molecule is C1=CC2CC3(C=c4ccccc4=C13)CC21OCCO1. The van der Waals surface area contributed by atoms with Gasteiger partial charge in [0, 0.05) is 17.8 Å². The Morgan fingerprint density at radius 2 is 1.95 bits per heavy atom. The van der Waals surface area contributed by atoms with E-state index < -0.39 is 0 Å². The molecule has 2 bridgehead atoms. The highest BCUT2D eigenvalue weighted by Crippen LogP contribution is 2.60. The van der Waals surface area contributed by atoms with Crippen LogP contribution in [0.15, 0.2) is 36.4 Å². The van der Waals surface area contributed by atoms with E-state index in [0.717, 1.165) is 26.1 Å². The molecule has 3 aliphatic carbocycles. The van der Waals surface area contributed by atoms with Crippen LogP contribution in [0.4, 0.5) is 0 Å². The van der Waals surface area contributed by atoms with Gasteiger partial charge in [0.15, 0.2) is 5.79 Å². The molecule has 2 heteroatoms. The molecular formula is C17H16O2. The molecule has 0 amide bonds. The Morgan fingerprint density at radius 1 is 1.11 bits per heavy atom. The third-order valence-electron chi connectivity index (χ3n) is 5.20. The fourth-order valence-electron chi connectivity index (χ4n) is 4.49. The van der Waals surface area contributed by atoms with Crippen LogP contribution < -0.4 is 10.4 Å². The summed E-state index contributed by atoms with van der Waals surface area (Å²) in [7, 11) is 0. The number of fused-ring (bicyclic) bond motifs is 3. The Bertz CT molecular complexity index is 709. The van der Waals surface area contributed by atoms with E-state index in [2.05, 4.69) is 42.5 Å². The largest absolute Gasteiger partial charge is 0.347 e. The van der Waals surface area contributed by atoms with Crippen LogP contribution in [0.25, 0.3) is 11.6 Å². The van der Waals surface area contributed by atoms with Crippen LogP contribution in [0, 0.1) is 11.3 Å². The van der Waals surface area contributed by atoms with Gasteiger partial charge in [0.25, 0.3) is 0 Å². The second-order valence-corrected chi connectivity index (χ2v) is 6.16. The molecule has 0 radical (unpaired) electrons. The maximum absolute atomic E-state index is 6.01. The number of benzene rings is 1. The number of ether oxygens (including phenoxy) is 2. The monoisotopic (exact) mass is 252 g/mol. The Balaban J connectivity index is 1.77. The molecule has 96 valence electrons. The van der Waals surface area contributed by atoms with Gasteiger partial charge in [-0.25, -0.2) is 0 Å². The van der Waals surface area contributed by atoms with Gasteiger partial charge in [0.1, 0.15) is 0 Å². The van der Waals surface area contributed by atoms with Crippen LogP contribution in [0.5, 0.6) is 0 Å².